The molecule has 0 aromatic heterocycles. The molecule has 0 heterocycles. The van der Waals surface area contributed by atoms with Crippen LogP contribution in [0.5, 0.6) is 0 Å². The lowest BCUT2D eigenvalue weighted by Gasteiger charge is -2.06. The third kappa shape index (κ3) is 3.77. The van der Waals surface area contributed by atoms with Gasteiger partial charge in [-0.15, -0.1) is 0 Å². The van der Waals surface area contributed by atoms with Gasteiger partial charge >= 0.3 is 0 Å². The fourth-order valence-corrected chi connectivity index (χ4v) is 2.17. The van der Waals surface area contributed by atoms with Crippen molar-refractivity contribution in [3.63, 3.8) is 0 Å². The van der Waals surface area contributed by atoms with Crippen molar-refractivity contribution in [2.75, 3.05) is 5.32 Å². The summed E-state index contributed by atoms with van der Waals surface area (Å²) in [6.07, 6.45) is 0. The van der Waals surface area contributed by atoms with Gasteiger partial charge in [-0.3, -0.25) is 13.9 Å². The Bertz CT molecular complexity index is 640. The van der Waals surface area contributed by atoms with Crippen LogP contribution in [-0.4, -0.2) is 31.8 Å². The molecule has 0 saturated carbocycles. The van der Waals surface area contributed by atoms with E-state index in [9.17, 15) is 21.6 Å². The number of nitrogens with one attached hydrogen (secondary N) is 1. The first-order valence-corrected chi connectivity index (χ1v) is 7.18. The van der Waals surface area contributed by atoms with Gasteiger partial charge in [-0.1, -0.05) is 0 Å². The first kappa shape index (κ1) is 14.6. The molecule has 1 aromatic carbocycles. The van der Waals surface area contributed by atoms with E-state index in [1.165, 1.54) is 0 Å². The number of benzene rings is 1. The zero-order valence-electron chi connectivity index (χ0n) is 8.91. The maximum atomic E-state index is 10.9. The molecule has 0 atom stereocenters. The van der Waals surface area contributed by atoms with Crippen molar-refractivity contribution in [2.45, 2.75) is 16.7 Å². The fraction of sp³-hybridized carbons (Fsp3) is 0.125. The van der Waals surface area contributed by atoms with Gasteiger partial charge in [0.2, 0.25) is 5.91 Å². The molecule has 99 valence electrons. The monoisotopic (exact) mass is 294 g/mol. The molecule has 0 aliphatic rings. The lowest BCUT2D eigenvalue weighted by Crippen LogP contribution is -2.10. The Balaban J connectivity index is 3.53. The van der Waals surface area contributed by atoms with Crippen LogP contribution in [-0.2, 0) is 25.0 Å². The molecule has 0 bridgehead atoms. The normalized spacial score (nSPS) is 12.2. The second-order valence-electron chi connectivity index (χ2n) is 3.23. The predicted octanol–water partition coefficient (Wildman–Crippen LogP) is -0.0614. The Kier molecular flexibility index (Phi) is 3.76. The standard InChI is InChI=1S/C8H8NO7S2/c1-5(10)9-6-2-7(17(11,12)13)4-8(3-6)18(14,15)16/h2-3H,1H3,(H,9,10)(H,11,12,13)(H,14,15,16). The Morgan fingerprint density at radius 2 is 1.50 bits per heavy atom. The summed E-state index contributed by atoms with van der Waals surface area (Å²) in [5.74, 6) is -0.594. The Hall–Kier alpha value is -1.49. The number of carbonyl (C=O) groups excluding carboxylic acids is 1. The van der Waals surface area contributed by atoms with Gasteiger partial charge in [0.25, 0.3) is 20.2 Å². The average molecular weight is 294 g/mol. The quantitative estimate of drug-likeness (QED) is 0.664. The summed E-state index contributed by atoms with van der Waals surface area (Å²) >= 11 is 0. The van der Waals surface area contributed by atoms with Gasteiger partial charge in [0.1, 0.15) is 9.79 Å². The predicted molar refractivity (Wildman–Crippen MR) is 59.2 cm³/mol. The van der Waals surface area contributed by atoms with Crippen LogP contribution in [0.25, 0.3) is 0 Å². The molecule has 1 aromatic rings. The van der Waals surface area contributed by atoms with Gasteiger partial charge in [-0.25, -0.2) is 0 Å². The molecule has 0 fully saturated rings. The topological polar surface area (TPSA) is 138 Å². The van der Waals surface area contributed by atoms with Crippen LogP contribution in [0.4, 0.5) is 5.69 Å². The van der Waals surface area contributed by atoms with Crippen molar-refractivity contribution < 1.29 is 30.7 Å². The van der Waals surface area contributed by atoms with E-state index in [-0.39, 0.29) is 5.69 Å². The van der Waals surface area contributed by atoms with Crippen molar-refractivity contribution in [1.29, 1.82) is 0 Å². The lowest BCUT2D eigenvalue weighted by molar-refractivity contribution is -0.114. The zero-order valence-corrected chi connectivity index (χ0v) is 10.5. The molecule has 8 nitrogen and oxygen atoms in total. The maximum Gasteiger partial charge on any atom is 0.295 e. The Morgan fingerprint density at radius 3 is 1.78 bits per heavy atom. The molecule has 1 amide bonds. The fourth-order valence-electron chi connectivity index (χ4n) is 1.07. The summed E-state index contributed by atoms with van der Waals surface area (Å²) in [6, 6.07) is 3.40. The SMILES string of the molecule is CC(=O)Nc1cc(S(=O)(=O)O)[c]c(S(=O)(=O)O)c1. The number of rotatable bonds is 3. The first-order chi connectivity index (χ1) is 8.00. The highest BCUT2D eigenvalue weighted by Crippen LogP contribution is 2.21. The zero-order chi connectivity index (χ0) is 14.1. The van der Waals surface area contributed by atoms with Crippen LogP contribution < -0.4 is 5.32 Å². The molecule has 1 radical (unpaired) electrons. The van der Waals surface area contributed by atoms with Gasteiger partial charge in [-0.2, -0.15) is 16.8 Å². The van der Waals surface area contributed by atoms with E-state index < -0.39 is 35.9 Å². The minimum atomic E-state index is -4.73. The molecular weight excluding hydrogens is 286 g/mol. The second-order valence-corrected chi connectivity index (χ2v) is 6.01. The molecule has 0 saturated heterocycles. The second kappa shape index (κ2) is 4.65. The van der Waals surface area contributed by atoms with E-state index in [1.807, 2.05) is 6.07 Å². The van der Waals surface area contributed by atoms with E-state index in [0.717, 1.165) is 19.1 Å². The minimum Gasteiger partial charge on any atom is -0.326 e. The third-order valence-electron chi connectivity index (χ3n) is 1.70. The van der Waals surface area contributed by atoms with Crippen LogP contribution in [0, 0.1) is 6.07 Å². The summed E-state index contributed by atoms with van der Waals surface area (Å²) in [6.45, 7) is 1.11. The van der Waals surface area contributed by atoms with E-state index in [4.69, 9.17) is 9.11 Å². The largest absolute Gasteiger partial charge is 0.326 e. The van der Waals surface area contributed by atoms with E-state index in [2.05, 4.69) is 5.32 Å². The Morgan fingerprint density at radius 1 is 1.11 bits per heavy atom. The molecule has 1 rings (SSSR count). The number of hydrogen-bond donors (Lipinski definition) is 3. The van der Waals surface area contributed by atoms with E-state index in [1.54, 1.807) is 0 Å². The van der Waals surface area contributed by atoms with Crippen molar-refractivity contribution in [3.8, 4) is 0 Å². The minimum absolute atomic E-state index is 0.221. The molecule has 3 N–H and O–H groups in total. The van der Waals surface area contributed by atoms with Crippen LogP contribution in [0.15, 0.2) is 21.9 Å². The van der Waals surface area contributed by atoms with Crippen molar-refractivity contribution >= 4 is 31.8 Å². The van der Waals surface area contributed by atoms with Crippen molar-refractivity contribution in [1.82, 2.24) is 0 Å². The van der Waals surface area contributed by atoms with Crippen LogP contribution in [0.2, 0.25) is 0 Å². The van der Waals surface area contributed by atoms with Crippen LogP contribution >= 0.6 is 0 Å². The summed E-state index contributed by atoms with van der Waals surface area (Å²) in [7, 11) is -9.45. The third-order valence-corrected chi connectivity index (χ3v) is 3.25. The molecule has 0 unspecified atom stereocenters. The van der Waals surface area contributed by atoms with Crippen molar-refractivity contribution in [3.05, 3.63) is 18.2 Å². The first-order valence-electron chi connectivity index (χ1n) is 4.30. The van der Waals surface area contributed by atoms with Gasteiger partial charge in [0, 0.05) is 18.7 Å². The van der Waals surface area contributed by atoms with E-state index >= 15 is 0 Å². The summed E-state index contributed by atoms with van der Waals surface area (Å²) < 4.78 is 61.1. The molecule has 18 heavy (non-hydrogen) atoms. The van der Waals surface area contributed by atoms with Gasteiger partial charge in [0.05, 0.1) is 0 Å². The van der Waals surface area contributed by atoms with Gasteiger partial charge in [0.15, 0.2) is 0 Å². The Labute approximate surface area is 103 Å². The molecule has 0 aliphatic heterocycles. The van der Waals surface area contributed by atoms with Crippen LogP contribution in [0.1, 0.15) is 6.92 Å². The maximum absolute atomic E-state index is 10.9. The lowest BCUT2D eigenvalue weighted by atomic mass is 10.3. The number of amides is 1. The summed E-state index contributed by atoms with van der Waals surface area (Å²) in [5, 5.41) is 2.12. The number of carbonyl (C=O) groups is 1. The molecular formula is C8H8NO7S2. The van der Waals surface area contributed by atoms with Crippen LogP contribution in [0.3, 0.4) is 0 Å². The molecule has 0 aliphatic carbocycles. The number of hydrogen-bond acceptors (Lipinski definition) is 5. The highest BCUT2D eigenvalue weighted by Gasteiger charge is 2.19. The van der Waals surface area contributed by atoms with Crippen molar-refractivity contribution in [2.24, 2.45) is 0 Å². The van der Waals surface area contributed by atoms with Gasteiger partial charge < -0.3 is 5.32 Å². The smallest absolute Gasteiger partial charge is 0.295 e. The highest BCUT2D eigenvalue weighted by atomic mass is 32.2. The number of anilines is 1. The summed E-state index contributed by atoms with van der Waals surface area (Å²) in [4.78, 5) is 9.01. The van der Waals surface area contributed by atoms with E-state index in [0.29, 0.717) is 0 Å². The summed E-state index contributed by atoms with van der Waals surface area (Å²) in [5.41, 5.74) is -0.221. The van der Waals surface area contributed by atoms with Gasteiger partial charge in [-0.05, 0) is 12.1 Å². The molecule has 10 heteroatoms. The average Bonchev–Trinajstić information content (AvgIpc) is 2.13. The molecule has 0 spiro atoms. The highest BCUT2D eigenvalue weighted by molar-refractivity contribution is 7.86.